The number of benzene rings is 8. The quantitative estimate of drug-likeness (QED) is 0.192. The summed E-state index contributed by atoms with van der Waals surface area (Å²) in [5.74, 6) is 0.149. The molecule has 0 radical (unpaired) electrons. The Morgan fingerprint density at radius 1 is 0.388 bits per heavy atom. The average molecular weight is 934 g/mol. The summed E-state index contributed by atoms with van der Waals surface area (Å²) >= 11 is 3.59. The zero-order valence-corrected chi connectivity index (χ0v) is 39.5. The molecule has 2 aliphatic rings. The van der Waals surface area contributed by atoms with Gasteiger partial charge in [0, 0.05) is 53.9 Å². The summed E-state index contributed by atoms with van der Waals surface area (Å²) in [6, 6.07) is 73.3. The number of halogens is 1. The lowest BCUT2D eigenvalue weighted by atomic mass is 9.61. The number of aromatic nitrogens is 2. The Morgan fingerprint density at radius 3 is 1.25 bits per heavy atom. The summed E-state index contributed by atoms with van der Waals surface area (Å²) in [6.45, 7) is 8.83. The summed E-state index contributed by atoms with van der Waals surface area (Å²) in [7, 11) is 0. The zero-order chi connectivity index (χ0) is 46.3. The number of nitrogens with zero attached hydrogens (tertiary/aromatic N) is 2. The largest absolute Gasteiger partial charge is 0.376 e. The number of fused-ring (bicyclic) bond motifs is 6. The third-order valence-corrected chi connectivity index (χ3v) is 14.2. The molecular weight excluding hydrogens is 885 g/mol. The molecule has 0 saturated heterocycles. The highest BCUT2D eigenvalue weighted by atomic mass is 79.9. The van der Waals surface area contributed by atoms with Crippen molar-refractivity contribution in [1.82, 2.24) is 9.97 Å². The number of carbonyl (C=O) groups is 1. The molecule has 12 rings (SSSR count). The second-order valence-electron chi connectivity index (χ2n) is 18.3. The summed E-state index contributed by atoms with van der Waals surface area (Å²) in [5, 5.41) is 15.0. The fourth-order valence-electron chi connectivity index (χ4n) is 10.1. The van der Waals surface area contributed by atoms with E-state index < -0.39 is 5.60 Å². The van der Waals surface area contributed by atoms with E-state index in [4.69, 9.17) is 9.97 Å². The lowest BCUT2D eigenvalue weighted by Gasteiger charge is -2.45. The maximum Gasteiger partial charge on any atom is 0.193 e. The van der Waals surface area contributed by atoms with Crippen molar-refractivity contribution in [3.05, 3.63) is 273 Å². The molecule has 2 aromatic heterocycles. The van der Waals surface area contributed by atoms with Gasteiger partial charge in [0.25, 0.3) is 0 Å². The van der Waals surface area contributed by atoms with E-state index >= 15 is 0 Å². The van der Waals surface area contributed by atoms with Gasteiger partial charge in [-0.25, -0.2) is 9.97 Å². The van der Waals surface area contributed by atoms with E-state index in [1.165, 1.54) is 0 Å². The molecule has 5 heteroatoms. The van der Waals surface area contributed by atoms with Crippen LogP contribution < -0.4 is 0 Å². The maximum absolute atomic E-state index is 12.8. The molecular formula is C62H49BrN2O2. The number of hydrogen-bond donors (Lipinski definition) is 1. The number of rotatable bonds is 3. The smallest absolute Gasteiger partial charge is 0.193 e. The van der Waals surface area contributed by atoms with E-state index in [0.717, 1.165) is 98.9 Å². The molecule has 0 aliphatic heterocycles. The van der Waals surface area contributed by atoms with Gasteiger partial charge >= 0.3 is 0 Å². The lowest BCUT2D eigenvalue weighted by Crippen LogP contribution is -2.41. The van der Waals surface area contributed by atoms with Gasteiger partial charge in [-0.2, -0.15) is 0 Å². The molecule has 1 N–H and O–H groups in total. The van der Waals surface area contributed by atoms with Crippen LogP contribution in [0, 0.1) is 0 Å². The number of ketones is 1. The van der Waals surface area contributed by atoms with Crippen molar-refractivity contribution in [2.45, 2.75) is 44.1 Å². The third-order valence-electron chi connectivity index (χ3n) is 13.6. The number of carbonyl (C=O) groups excluding carboxylic acids is 1. The summed E-state index contributed by atoms with van der Waals surface area (Å²) in [4.78, 5) is 22.2. The monoisotopic (exact) mass is 932 g/mol. The van der Waals surface area contributed by atoms with Gasteiger partial charge in [0.05, 0.1) is 22.4 Å². The van der Waals surface area contributed by atoms with Crippen LogP contribution in [-0.4, -0.2) is 20.9 Å². The topological polar surface area (TPSA) is 63.1 Å². The zero-order valence-electron chi connectivity index (χ0n) is 37.9. The van der Waals surface area contributed by atoms with E-state index in [0.29, 0.717) is 0 Å². The second-order valence-corrected chi connectivity index (χ2v) is 19.1. The fraction of sp³-hybridized carbons (Fsp3) is 0.113. The molecule has 4 nitrogen and oxygen atoms in total. The van der Waals surface area contributed by atoms with Gasteiger partial charge in [-0.3, -0.25) is 4.79 Å². The molecule has 0 atom stereocenters. The second kappa shape index (κ2) is 17.5. The van der Waals surface area contributed by atoms with Crippen LogP contribution in [0.5, 0.6) is 0 Å². The molecule has 0 fully saturated rings. The van der Waals surface area contributed by atoms with Crippen LogP contribution in [0.2, 0.25) is 0 Å². The van der Waals surface area contributed by atoms with E-state index in [9.17, 15) is 9.90 Å². The van der Waals surface area contributed by atoms with Gasteiger partial charge in [0.15, 0.2) is 5.78 Å². The van der Waals surface area contributed by atoms with Crippen LogP contribution in [0.1, 0.15) is 82.6 Å². The SMILES string of the molecule is Brc1cc2ccccc2nc1-c1ccccc1.CC1(C)c2ccccc2C(=O)c2ccccc21.CC1(C)c2ccccc2C(O)(c2cc3ccccc3nc2-c2ccccc2)c2ccccc21. The van der Waals surface area contributed by atoms with Crippen molar-refractivity contribution < 1.29 is 9.90 Å². The Balaban J connectivity index is 0.000000130. The van der Waals surface area contributed by atoms with Crippen molar-refractivity contribution in [2.75, 3.05) is 0 Å². The first-order valence-corrected chi connectivity index (χ1v) is 23.5. The van der Waals surface area contributed by atoms with Gasteiger partial charge in [-0.15, -0.1) is 0 Å². The Labute approximate surface area is 400 Å². The molecule has 10 aromatic rings. The fourth-order valence-corrected chi connectivity index (χ4v) is 10.7. The van der Waals surface area contributed by atoms with E-state index in [1.807, 2.05) is 121 Å². The Hall–Kier alpha value is -7.31. The minimum atomic E-state index is -1.33. The molecule has 67 heavy (non-hydrogen) atoms. The summed E-state index contributed by atoms with van der Waals surface area (Å²) in [6.07, 6.45) is 0. The highest BCUT2D eigenvalue weighted by Gasteiger charge is 2.48. The van der Waals surface area contributed by atoms with Crippen LogP contribution in [0.25, 0.3) is 44.3 Å². The number of aliphatic hydroxyl groups is 1. The van der Waals surface area contributed by atoms with Gasteiger partial charge in [-0.1, -0.05) is 222 Å². The van der Waals surface area contributed by atoms with Crippen molar-refractivity contribution in [2.24, 2.45) is 0 Å². The first-order valence-electron chi connectivity index (χ1n) is 22.7. The molecule has 326 valence electrons. The van der Waals surface area contributed by atoms with Gasteiger partial charge in [0.2, 0.25) is 0 Å². The Bertz CT molecular complexity index is 3370. The highest BCUT2D eigenvalue weighted by molar-refractivity contribution is 9.10. The predicted molar refractivity (Wildman–Crippen MR) is 278 cm³/mol. The van der Waals surface area contributed by atoms with Gasteiger partial charge in [-0.05, 0) is 73.6 Å². The summed E-state index contributed by atoms with van der Waals surface area (Å²) in [5.41, 5.74) is 13.1. The van der Waals surface area contributed by atoms with Crippen LogP contribution in [0.3, 0.4) is 0 Å². The molecule has 0 saturated carbocycles. The molecule has 2 aliphatic carbocycles. The number of para-hydroxylation sites is 2. The van der Waals surface area contributed by atoms with E-state index in [-0.39, 0.29) is 16.6 Å². The molecule has 0 unspecified atom stereocenters. The molecule has 0 bridgehead atoms. The third kappa shape index (κ3) is 7.68. The van der Waals surface area contributed by atoms with E-state index in [1.54, 1.807) is 0 Å². The van der Waals surface area contributed by atoms with Gasteiger partial charge < -0.3 is 5.11 Å². The number of pyridine rings is 2. The highest BCUT2D eigenvalue weighted by Crippen LogP contribution is 2.53. The summed E-state index contributed by atoms with van der Waals surface area (Å²) < 4.78 is 1.03. The van der Waals surface area contributed by atoms with Crippen LogP contribution in [-0.2, 0) is 16.4 Å². The van der Waals surface area contributed by atoms with Crippen molar-refractivity contribution in [1.29, 1.82) is 0 Å². The minimum Gasteiger partial charge on any atom is -0.376 e. The Morgan fingerprint density at radius 2 is 0.746 bits per heavy atom. The van der Waals surface area contributed by atoms with Crippen LogP contribution in [0.15, 0.2) is 223 Å². The predicted octanol–water partition coefficient (Wildman–Crippen LogP) is 15.0. The Kier molecular flexibility index (Phi) is 11.4. The minimum absolute atomic E-state index is 0.0961. The molecule has 2 heterocycles. The van der Waals surface area contributed by atoms with Crippen molar-refractivity contribution in [3.63, 3.8) is 0 Å². The standard InChI is InChI=1S/C31H25NO.C16H14O.C15H10BrN/c1-30(2)23-15-7-9-17-25(23)31(33,26-18-10-8-16-24(26)30)27-20-22-14-6-11-19-28(22)32-29(27)21-12-4-3-5-13-21;1-16(2)13-9-5-3-7-11(13)15(17)12-8-4-6-10-14(12)16;16-13-10-12-8-4-5-9-14(12)17-15(13)11-6-2-1-3-7-11/h3-20,33H,1-2H3;3-10H,1-2H3;1-10H. The van der Waals surface area contributed by atoms with Crippen molar-refractivity contribution in [3.8, 4) is 22.5 Å². The van der Waals surface area contributed by atoms with Crippen LogP contribution >= 0.6 is 15.9 Å². The molecule has 0 spiro atoms. The molecule has 8 aromatic carbocycles. The van der Waals surface area contributed by atoms with Gasteiger partial charge in [0.1, 0.15) is 5.60 Å². The van der Waals surface area contributed by atoms with Crippen molar-refractivity contribution >= 4 is 43.5 Å². The van der Waals surface area contributed by atoms with E-state index in [2.05, 4.69) is 141 Å². The lowest BCUT2D eigenvalue weighted by molar-refractivity contribution is 0.103. The normalized spacial score (nSPS) is 14.5. The first kappa shape index (κ1) is 43.6. The molecule has 0 amide bonds. The van der Waals surface area contributed by atoms with Crippen LogP contribution in [0.4, 0.5) is 0 Å². The first-order chi connectivity index (χ1) is 32.5. The number of hydrogen-bond acceptors (Lipinski definition) is 4. The maximum atomic E-state index is 12.8. The average Bonchev–Trinajstić information content (AvgIpc) is 3.38.